The number of nitrogens with one attached hydrogen (secondary N) is 2. The Bertz CT molecular complexity index is 1010. The minimum Gasteiger partial charge on any atom is -0.335 e. The summed E-state index contributed by atoms with van der Waals surface area (Å²) in [5.41, 5.74) is 0.937. The van der Waals surface area contributed by atoms with Crippen molar-refractivity contribution in [3.63, 3.8) is 0 Å². The van der Waals surface area contributed by atoms with Crippen LogP contribution in [0.5, 0.6) is 0 Å². The van der Waals surface area contributed by atoms with Gasteiger partial charge < -0.3 is 10.2 Å². The van der Waals surface area contributed by atoms with Crippen LogP contribution in [0, 0.1) is 12.8 Å². The molecular weight excluding hydrogens is 472 g/mol. The molecule has 2 amide bonds. The molecule has 0 saturated carbocycles. The number of aromatic nitrogens is 1. The monoisotopic (exact) mass is 496 g/mol. The van der Waals surface area contributed by atoms with Crippen LogP contribution < -0.4 is 10.0 Å². The van der Waals surface area contributed by atoms with Crippen molar-refractivity contribution < 1.29 is 18.0 Å². The molecule has 10 heteroatoms. The van der Waals surface area contributed by atoms with E-state index in [0.29, 0.717) is 5.82 Å². The second kappa shape index (κ2) is 10.1. The number of nitrogens with zero attached hydrogens (tertiary/aromatic N) is 2. The summed E-state index contributed by atoms with van der Waals surface area (Å²) in [6.45, 7) is 5.10. The Morgan fingerprint density at radius 3 is 2.37 bits per heavy atom. The van der Waals surface area contributed by atoms with Crippen molar-refractivity contribution in [1.82, 2.24) is 14.6 Å². The predicted octanol–water partition coefficient (Wildman–Crippen LogP) is 2.55. The summed E-state index contributed by atoms with van der Waals surface area (Å²) in [6.07, 6.45) is 1.57. The Hall–Kier alpha value is -2.30. The molecule has 0 aliphatic heterocycles. The molecule has 0 aliphatic rings. The molecule has 8 nitrogen and oxygen atoms in total. The minimum absolute atomic E-state index is 0.0510. The highest BCUT2D eigenvalue weighted by Crippen LogP contribution is 2.17. The zero-order chi connectivity index (χ0) is 22.5. The number of carbonyl (C=O) groups excluding carboxylic acids is 2. The van der Waals surface area contributed by atoms with Gasteiger partial charge in [0.15, 0.2) is 0 Å². The number of halogens is 1. The molecule has 1 heterocycles. The van der Waals surface area contributed by atoms with E-state index in [4.69, 9.17) is 0 Å². The summed E-state index contributed by atoms with van der Waals surface area (Å²) in [5, 5.41) is 2.63. The Labute approximate surface area is 185 Å². The topological polar surface area (TPSA) is 108 Å². The first-order chi connectivity index (χ1) is 14.0. The van der Waals surface area contributed by atoms with E-state index in [9.17, 15) is 18.0 Å². The van der Waals surface area contributed by atoms with Gasteiger partial charge in [-0.25, -0.2) is 13.4 Å². The number of rotatable bonds is 8. The summed E-state index contributed by atoms with van der Waals surface area (Å²) < 4.78 is 28.6. The first kappa shape index (κ1) is 24.0. The number of hydrogen-bond acceptors (Lipinski definition) is 5. The Kier molecular flexibility index (Phi) is 8.10. The highest BCUT2D eigenvalue weighted by atomic mass is 79.9. The Morgan fingerprint density at radius 1 is 1.17 bits per heavy atom. The lowest BCUT2D eigenvalue weighted by Crippen LogP contribution is -2.51. The van der Waals surface area contributed by atoms with E-state index in [1.54, 1.807) is 44.3 Å². The lowest BCUT2D eigenvalue weighted by molar-refractivity contribution is -0.135. The smallest absolute Gasteiger partial charge is 0.245 e. The molecular formula is C20H25BrN4O4S. The third kappa shape index (κ3) is 6.61. The SMILES string of the molecule is Cc1ccnc(NC(=O)CN(C)C(=O)[C@@H](NS(=O)(=O)c2ccc(Br)cc2)C(C)C)c1. The van der Waals surface area contributed by atoms with Crippen molar-refractivity contribution in [3.8, 4) is 0 Å². The predicted molar refractivity (Wildman–Crippen MR) is 118 cm³/mol. The average molecular weight is 497 g/mol. The maximum atomic E-state index is 12.9. The highest BCUT2D eigenvalue weighted by molar-refractivity contribution is 9.10. The van der Waals surface area contributed by atoms with Crippen LogP contribution in [0.1, 0.15) is 19.4 Å². The molecule has 0 fully saturated rings. The minimum atomic E-state index is -3.91. The van der Waals surface area contributed by atoms with E-state index in [-0.39, 0.29) is 17.4 Å². The van der Waals surface area contributed by atoms with Gasteiger partial charge in [0.2, 0.25) is 21.8 Å². The molecule has 0 radical (unpaired) electrons. The van der Waals surface area contributed by atoms with E-state index in [2.05, 4.69) is 31.0 Å². The second-order valence-electron chi connectivity index (χ2n) is 7.26. The summed E-state index contributed by atoms with van der Waals surface area (Å²) in [7, 11) is -2.46. The molecule has 0 aliphatic carbocycles. The fourth-order valence-electron chi connectivity index (χ4n) is 2.64. The molecule has 2 rings (SSSR count). The fourth-order valence-corrected chi connectivity index (χ4v) is 4.24. The maximum absolute atomic E-state index is 12.9. The van der Waals surface area contributed by atoms with Crippen LogP contribution in [0.25, 0.3) is 0 Å². The van der Waals surface area contributed by atoms with Gasteiger partial charge in [-0.3, -0.25) is 9.59 Å². The van der Waals surface area contributed by atoms with Crippen molar-refractivity contribution >= 4 is 43.6 Å². The van der Waals surface area contributed by atoms with Gasteiger partial charge in [-0.05, 0) is 54.8 Å². The quantitative estimate of drug-likeness (QED) is 0.583. The standard InChI is InChI=1S/C20H25BrN4O4S/c1-13(2)19(24-30(28,29)16-7-5-15(21)6-8-16)20(27)25(4)12-18(26)23-17-11-14(3)9-10-22-17/h5-11,13,19,24H,12H2,1-4H3,(H,22,23,26)/t19-/m0/s1. The first-order valence-corrected chi connectivity index (χ1v) is 11.5. The summed E-state index contributed by atoms with van der Waals surface area (Å²) in [6, 6.07) is 8.60. The lowest BCUT2D eigenvalue weighted by atomic mass is 10.0. The van der Waals surface area contributed by atoms with Gasteiger partial charge in [-0.2, -0.15) is 4.72 Å². The second-order valence-corrected chi connectivity index (χ2v) is 9.89. The number of sulfonamides is 1. The fraction of sp³-hybridized carbons (Fsp3) is 0.350. The number of benzene rings is 1. The molecule has 2 N–H and O–H groups in total. The number of aryl methyl sites for hydroxylation is 1. The summed E-state index contributed by atoms with van der Waals surface area (Å²) in [4.78, 5) is 30.5. The average Bonchev–Trinajstić information content (AvgIpc) is 2.65. The normalized spacial score (nSPS) is 12.5. The van der Waals surface area contributed by atoms with E-state index in [1.165, 1.54) is 24.1 Å². The first-order valence-electron chi connectivity index (χ1n) is 9.25. The third-order valence-corrected chi connectivity index (χ3v) is 6.26. The molecule has 30 heavy (non-hydrogen) atoms. The third-order valence-electron chi connectivity index (χ3n) is 4.28. The number of carbonyl (C=O) groups is 2. The highest BCUT2D eigenvalue weighted by Gasteiger charge is 2.31. The van der Waals surface area contributed by atoms with Gasteiger partial charge in [-0.1, -0.05) is 29.8 Å². The van der Waals surface area contributed by atoms with Crippen molar-refractivity contribution in [1.29, 1.82) is 0 Å². The van der Waals surface area contributed by atoms with Gasteiger partial charge in [-0.15, -0.1) is 0 Å². The van der Waals surface area contributed by atoms with E-state index in [0.717, 1.165) is 10.0 Å². The maximum Gasteiger partial charge on any atom is 0.245 e. The number of hydrogen-bond donors (Lipinski definition) is 2. The molecule has 1 aromatic carbocycles. The molecule has 2 aromatic rings. The van der Waals surface area contributed by atoms with Crippen LogP contribution in [0.15, 0.2) is 52.0 Å². The van der Waals surface area contributed by atoms with Gasteiger partial charge in [0.25, 0.3) is 0 Å². The zero-order valence-corrected chi connectivity index (χ0v) is 19.6. The van der Waals surface area contributed by atoms with Crippen LogP contribution in [0.3, 0.4) is 0 Å². The van der Waals surface area contributed by atoms with Crippen molar-refractivity contribution in [2.24, 2.45) is 5.92 Å². The van der Waals surface area contributed by atoms with Gasteiger partial charge in [0.05, 0.1) is 11.4 Å². The van der Waals surface area contributed by atoms with E-state index >= 15 is 0 Å². The molecule has 0 spiro atoms. The Balaban J connectivity index is 2.08. The number of anilines is 1. The molecule has 0 saturated heterocycles. The molecule has 1 aromatic heterocycles. The number of amides is 2. The Morgan fingerprint density at radius 2 is 1.80 bits per heavy atom. The van der Waals surface area contributed by atoms with Crippen LogP contribution >= 0.6 is 15.9 Å². The molecule has 162 valence electrons. The van der Waals surface area contributed by atoms with E-state index < -0.39 is 27.9 Å². The van der Waals surface area contributed by atoms with Gasteiger partial charge >= 0.3 is 0 Å². The molecule has 0 bridgehead atoms. The van der Waals surface area contributed by atoms with Gasteiger partial charge in [0.1, 0.15) is 11.9 Å². The lowest BCUT2D eigenvalue weighted by Gasteiger charge is -2.26. The van der Waals surface area contributed by atoms with Crippen molar-refractivity contribution in [3.05, 3.63) is 52.6 Å². The number of pyridine rings is 1. The van der Waals surface area contributed by atoms with Crippen LogP contribution in [-0.4, -0.2) is 49.8 Å². The van der Waals surface area contributed by atoms with Crippen LogP contribution in [-0.2, 0) is 19.6 Å². The molecule has 1 atom stereocenters. The largest absolute Gasteiger partial charge is 0.335 e. The zero-order valence-electron chi connectivity index (χ0n) is 17.2. The number of likely N-dealkylation sites (N-methyl/N-ethyl adjacent to an activating group) is 1. The van der Waals surface area contributed by atoms with Gasteiger partial charge in [0, 0.05) is 17.7 Å². The molecule has 0 unspecified atom stereocenters. The summed E-state index contributed by atoms with van der Waals surface area (Å²) >= 11 is 3.26. The van der Waals surface area contributed by atoms with Crippen molar-refractivity contribution in [2.75, 3.05) is 18.9 Å². The van der Waals surface area contributed by atoms with E-state index in [1.807, 2.05) is 6.92 Å². The van der Waals surface area contributed by atoms with Crippen LogP contribution in [0.4, 0.5) is 5.82 Å². The summed E-state index contributed by atoms with van der Waals surface area (Å²) in [5.74, 6) is -0.871. The van der Waals surface area contributed by atoms with Crippen molar-refractivity contribution in [2.45, 2.75) is 31.7 Å². The van der Waals surface area contributed by atoms with Crippen LogP contribution in [0.2, 0.25) is 0 Å².